The van der Waals surface area contributed by atoms with Gasteiger partial charge in [0.1, 0.15) is 17.0 Å². The highest BCUT2D eigenvalue weighted by Crippen LogP contribution is 2.29. The van der Waals surface area contributed by atoms with E-state index in [4.69, 9.17) is 4.74 Å². The van der Waals surface area contributed by atoms with Gasteiger partial charge >= 0.3 is 12.5 Å². The van der Waals surface area contributed by atoms with Gasteiger partial charge in [-0.2, -0.15) is 0 Å². The topological polar surface area (TPSA) is 64.0 Å². The number of likely N-dealkylation sites (tertiary alicyclic amines) is 1. The van der Waals surface area contributed by atoms with Crippen LogP contribution in [0.3, 0.4) is 0 Å². The van der Waals surface area contributed by atoms with Crippen LogP contribution in [0.15, 0.2) is 42.6 Å². The number of carbonyl (C=O) groups excluding carboxylic acids is 2. The van der Waals surface area contributed by atoms with Crippen molar-refractivity contribution in [2.24, 2.45) is 0 Å². The molecule has 0 aliphatic carbocycles. The van der Waals surface area contributed by atoms with E-state index in [9.17, 15) is 22.8 Å². The molecule has 0 bridgehead atoms. The standard InChI is InChI=1S/C24H30F3N3O4/c1-23(2,3)34-22(32)29-14-11-18(12-15-29)30-13-7-9-19(30)21(31)28(4)16-17-8-5-6-10-20(17)33-24(25,26)27/h5-10,13,18H,11-12,14-16H2,1-4H3. The Hall–Kier alpha value is -3.17. The molecule has 10 heteroatoms. The largest absolute Gasteiger partial charge is 0.573 e. The molecule has 2 amide bonds. The Kier molecular flexibility index (Phi) is 7.48. The number of piperidine rings is 1. The summed E-state index contributed by atoms with van der Waals surface area (Å²) in [5.41, 5.74) is 0.120. The fraction of sp³-hybridized carbons (Fsp3) is 0.500. The van der Waals surface area contributed by atoms with Gasteiger partial charge in [-0.3, -0.25) is 4.79 Å². The second kappa shape index (κ2) is 9.99. The van der Waals surface area contributed by atoms with E-state index < -0.39 is 12.0 Å². The summed E-state index contributed by atoms with van der Waals surface area (Å²) in [6.07, 6.45) is -2.05. The molecule has 0 saturated carbocycles. The molecule has 1 saturated heterocycles. The van der Waals surface area contributed by atoms with Crippen molar-refractivity contribution in [3.63, 3.8) is 0 Å². The summed E-state index contributed by atoms with van der Waals surface area (Å²) >= 11 is 0. The molecule has 3 rings (SSSR count). The van der Waals surface area contributed by atoms with Gasteiger partial charge < -0.3 is 23.8 Å². The second-order valence-corrected chi connectivity index (χ2v) is 9.32. The van der Waals surface area contributed by atoms with Crippen LogP contribution in [0.25, 0.3) is 0 Å². The molecule has 7 nitrogen and oxygen atoms in total. The van der Waals surface area contributed by atoms with Gasteiger partial charge in [-0.1, -0.05) is 18.2 Å². The minimum atomic E-state index is -4.82. The maximum atomic E-state index is 13.2. The fourth-order valence-corrected chi connectivity index (χ4v) is 3.93. The Bertz CT molecular complexity index is 1010. The van der Waals surface area contributed by atoms with Gasteiger partial charge in [0.2, 0.25) is 0 Å². The Morgan fingerprint density at radius 3 is 2.32 bits per heavy atom. The number of nitrogens with zero attached hydrogens (tertiary/aromatic N) is 3. The monoisotopic (exact) mass is 481 g/mol. The molecule has 2 heterocycles. The number of ether oxygens (including phenoxy) is 2. The predicted molar refractivity (Wildman–Crippen MR) is 119 cm³/mol. The van der Waals surface area contributed by atoms with Crippen LogP contribution in [0, 0.1) is 0 Å². The lowest BCUT2D eigenvalue weighted by atomic mass is 10.0. The van der Waals surface area contributed by atoms with Crippen molar-refractivity contribution in [2.75, 3.05) is 20.1 Å². The molecule has 0 atom stereocenters. The van der Waals surface area contributed by atoms with Crippen molar-refractivity contribution in [3.05, 3.63) is 53.9 Å². The van der Waals surface area contributed by atoms with Crippen LogP contribution in [0.5, 0.6) is 5.75 Å². The van der Waals surface area contributed by atoms with Crippen LogP contribution in [0.1, 0.15) is 55.7 Å². The lowest BCUT2D eigenvalue weighted by molar-refractivity contribution is -0.275. The van der Waals surface area contributed by atoms with E-state index in [0.29, 0.717) is 31.6 Å². The highest BCUT2D eigenvalue weighted by molar-refractivity contribution is 5.92. The van der Waals surface area contributed by atoms with E-state index in [1.165, 1.54) is 30.1 Å². The maximum absolute atomic E-state index is 13.2. The third-order valence-corrected chi connectivity index (χ3v) is 5.46. The van der Waals surface area contributed by atoms with E-state index in [2.05, 4.69) is 4.74 Å². The molecule has 1 aromatic carbocycles. The molecule has 1 aromatic heterocycles. The minimum Gasteiger partial charge on any atom is -0.444 e. The normalized spacial score (nSPS) is 15.2. The number of hydrogen-bond acceptors (Lipinski definition) is 4. The van der Waals surface area contributed by atoms with Crippen molar-refractivity contribution < 1.29 is 32.2 Å². The van der Waals surface area contributed by atoms with Crippen molar-refractivity contribution >= 4 is 12.0 Å². The zero-order valence-electron chi connectivity index (χ0n) is 19.8. The van der Waals surface area contributed by atoms with Crippen LogP contribution in [0.4, 0.5) is 18.0 Å². The van der Waals surface area contributed by atoms with Gasteiger partial charge in [0.25, 0.3) is 5.91 Å². The molecule has 1 aliphatic heterocycles. The number of benzene rings is 1. The molecule has 0 unspecified atom stereocenters. The molecule has 186 valence electrons. The Labute approximate surface area is 197 Å². The van der Waals surface area contributed by atoms with Crippen LogP contribution in [-0.2, 0) is 11.3 Å². The van der Waals surface area contributed by atoms with Crippen molar-refractivity contribution in [3.8, 4) is 5.75 Å². The first-order valence-electron chi connectivity index (χ1n) is 11.1. The summed E-state index contributed by atoms with van der Waals surface area (Å²) < 4.78 is 49.6. The first-order chi connectivity index (χ1) is 15.8. The van der Waals surface area contributed by atoms with E-state index in [-0.39, 0.29) is 35.9 Å². The number of hydrogen-bond donors (Lipinski definition) is 0. The molecular formula is C24H30F3N3O4. The summed E-state index contributed by atoms with van der Waals surface area (Å²) in [6.45, 7) is 6.42. The lowest BCUT2D eigenvalue weighted by Crippen LogP contribution is -2.42. The van der Waals surface area contributed by atoms with Crippen molar-refractivity contribution in [1.29, 1.82) is 0 Å². The average Bonchev–Trinajstić information content (AvgIpc) is 3.22. The van der Waals surface area contributed by atoms with Gasteiger partial charge in [-0.15, -0.1) is 13.2 Å². The fourth-order valence-electron chi connectivity index (χ4n) is 3.93. The van der Waals surface area contributed by atoms with Crippen LogP contribution in [0.2, 0.25) is 0 Å². The maximum Gasteiger partial charge on any atom is 0.573 e. The molecule has 0 N–H and O–H groups in total. The number of rotatable bonds is 5. The number of halogens is 3. The highest BCUT2D eigenvalue weighted by Gasteiger charge is 2.33. The van der Waals surface area contributed by atoms with Crippen LogP contribution in [-0.4, -0.2) is 58.5 Å². The third kappa shape index (κ3) is 6.68. The van der Waals surface area contributed by atoms with Gasteiger partial charge in [0.15, 0.2) is 0 Å². The van der Waals surface area contributed by atoms with Crippen LogP contribution < -0.4 is 4.74 Å². The van der Waals surface area contributed by atoms with E-state index >= 15 is 0 Å². The van der Waals surface area contributed by atoms with Crippen LogP contribution >= 0.6 is 0 Å². The molecule has 1 fully saturated rings. The zero-order chi connectivity index (χ0) is 25.1. The summed E-state index contributed by atoms with van der Waals surface area (Å²) in [5.74, 6) is -0.652. The molecule has 2 aromatic rings. The summed E-state index contributed by atoms with van der Waals surface area (Å²) in [6, 6.07) is 9.23. The first kappa shape index (κ1) is 25.5. The summed E-state index contributed by atoms with van der Waals surface area (Å²) in [4.78, 5) is 28.5. The quantitative estimate of drug-likeness (QED) is 0.587. The van der Waals surface area contributed by atoms with Crippen molar-refractivity contribution in [1.82, 2.24) is 14.4 Å². The average molecular weight is 482 g/mol. The summed E-state index contributed by atoms with van der Waals surface area (Å²) in [7, 11) is 1.54. The van der Waals surface area contributed by atoms with Gasteiger partial charge in [-0.05, 0) is 51.8 Å². The minimum absolute atomic E-state index is 0.0156. The number of para-hydroxylation sites is 1. The molecule has 0 radical (unpaired) electrons. The lowest BCUT2D eigenvalue weighted by Gasteiger charge is -2.34. The Morgan fingerprint density at radius 2 is 1.71 bits per heavy atom. The Balaban J connectivity index is 1.66. The first-order valence-corrected chi connectivity index (χ1v) is 11.1. The van der Waals surface area contributed by atoms with Gasteiger partial charge in [-0.25, -0.2) is 4.79 Å². The number of aromatic nitrogens is 1. The molecular weight excluding hydrogens is 451 g/mol. The third-order valence-electron chi connectivity index (χ3n) is 5.46. The van der Waals surface area contributed by atoms with Gasteiger partial charge in [0.05, 0.1) is 0 Å². The number of amides is 2. The van der Waals surface area contributed by atoms with Gasteiger partial charge in [0, 0.05) is 44.5 Å². The van der Waals surface area contributed by atoms with E-state index in [1.807, 2.05) is 31.5 Å². The van der Waals surface area contributed by atoms with Crippen molar-refractivity contribution in [2.45, 2.75) is 58.2 Å². The highest BCUT2D eigenvalue weighted by atomic mass is 19.4. The SMILES string of the molecule is CN(Cc1ccccc1OC(F)(F)F)C(=O)c1cccn1C1CCN(C(=O)OC(C)(C)C)CC1. The Morgan fingerprint density at radius 1 is 1.06 bits per heavy atom. The molecule has 34 heavy (non-hydrogen) atoms. The predicted octanol–water partition coefficient (Wildman–Crippen LogP) is 5.23. The van der Waals surface area contributed by atoms with E-state index in [0.717, 1.165) is 0 Å². The zero-order valence-corrected chi connectivity index (χ0v) is 19.8. The molecule has 1 aliphatic rings. The molecule has 0 spiro atoms. The smallest absolute Gasteiger partial charge is 0.444 e. The van der Waals surface area contributed by atoms with E-state index in [1.54, 1.807) is 23.1 Å². The number of carbonyl (C=O) groups is 2. The number of alkyl halides is 3. The summed E-state index contributed by atoms with van der Waals surface area (Å²) in [5, 5.41) is 0. The second-order valence-electron chi connectivity index (χ2n) is 9.32.